The third-order valence-electron chi connectivity index (χ3n) is 0.966. The molecule has 0 bridgehead atoms. The van der Waals surface area contributed by atoms with Crippen LogP contribution < -0.4 is 11.5 Å². The molecule has 0 aliphatic heterocycles. The molecule has 12 N–H and O–H groups in total. The van der Waals surface area contributed by atoms with Crippen LogP contribution in [0.4, 0.5) is 0 Å². The highest BCUT2D eigenvalue weighted by Crippen LogP contribution is 1.69. The van der Waals surface area contributed by atoms with Gasteiger partial charge in [0.15, 0.2) is 0 Å². The average Bonchev–Trinajstić information content (AvgIpc) is 2.16. The summed E-state index contributed by atoms with van der Waals surface area (Å²) < 4.78 is 0. The lowest BCUT2D eigenvalue weighted by atomic mass is 10.4. The minimum atomic E-state index is -0.731. The number of hydrogen-bond donors (Lipinski definition) is 6. The van der Waals surface area contributed by atoms with E-state index in [0.717, 1.165) is 0 Å². The fraction of sp³-hybridized carbons (Fsp3) is 1.00. The summed E-state index contributed by atoms with van der Waals surface area (Å²) in [5, 5.41) is 32.6. The molecule has 2 atom stereocenters. The molecule has 0 aromatic carbocycles. The van der Waals surface area contributed by atoms with Crippen LogP contribution in [0.5, 0.6) is 0 Å². The van der Waals surface area contributed by atoms with Gasteiger partial charge in [-0.05, 0) is 0 Å². The second-order valence-electron chi connectivity index (χ2n) is 2.14. The number of rotatable bonds is 4. The third kappa shape index (κ3) is 22.6. The van der Waals surface area contributed by atoms with Gasteiger partial charge in [-0.3, -0.25) is 0 Å². The molecular formula is C6H22N2O6. The Morgan fingerprint density at radius 2 is 1.00 bits per heavy atom. The Balaban J connectivity index is -0.0000000625. The monoisotopic (exact) mass is 218 g/mol. The first-order valence-corrected chi connectivity index (χ1v) is 3.60. The molecule has 0 aromatic heterocycles. The lowest BCUT2D eigenvalue weighted by Gasteiger charge is -1.97. The second-order valence-corrected chi connectivity index (χ2v) is 2.14. The summed E-state index contributed by atoms with van der Waals surface area (Å²) in [5.41, 5.74) is 9.75. The van der Waals surface area contributed by atoms with Crippen LogP contribution in [-0.4, -0.2) is 69.9 Å². The van der Waals surface area contributed by atoms with Crippen LogP contribution in [0.2, 0.25) is 0 Å². The molecule has 0 aliphatic rings. The van der Waals surface area contributed by atoms with Gasteiger partial charge in [0.05, 0.1) is 25.4 Å². The first kappa shape index (κ1) is 23.5. The molecule has 0 aromatic rings. The lowest BCUT2D eigenvalue weighted by molar-refractivity contribution is 0.102. The summed E-state index contributed by atoms with van der Waals surface area (Å²) in [5.74, 6) is 0. The molecule has 92 valence electrons. The van der Waals surface area contributed by atoms with Gasteiger partial charge < -0.3 is 42.8 Å². The molecule has 0 rings (SSSR count). The average molecular weight is 218 g/mol. The van der Waals surface area contributed by atoms with Crippen molar-refractivity contribution in [2.24, 2.45) is 11.5 Å². The van der Waals surface area contributed by atoms with E-state index in [9.17, 15) is 0 Å². The van der Waals surface area contributed by atoms with Crippen LogP contribution in [0.25, 0.3) is 0 Å². The van der Waals surface area contributed by atoms with Crippen LogP contribution in [-0.2, 0) is 0 Å². The number of aliphatic hydroxyl groups excluding tert-OH is 4. The Morgan fingerprint density at radius 1 is 0.786 bits per heavy atom. The highest BCUT2D eigenvalue weighted by atomic mass is 16.3. The van der Waals surface area contributed by atoms with E-state index in [2.05, 4.69) is 0 Å². The summed E-state index contributed by atoms with van der Waals surface area (Å²) in [6.07, 6.45) is -1.46. The highest BCUT2D eigenvalue weighted by molar-refractivity contribution is 4.48. The van der Waals surface area contributed by atoms with Crippen molar-refractivity contribution in [2.45, 2.75) is 12.2 Å². The van der Waals surface area contributed by atoms with E-state index in [1.807, 2.05) is 0 Å². The Labute approximate surface area is 82.4 Å². The molecule has 14 heavy (non-hydrogen) atoms. The van der Waals surface area contributed by atoms with Gasteiger partial charge in [-0.15, -0.1) is 0 Å². The van der Waals surface area contributed by atoms with E-state index in [1.54, 1.807) is 0 Å². The maximum absolute atomic E-state index is 8.29. The first-order chi connectivity index (χ1) is 5.62. The van der Waals surface area contributed by atoms with Crippen LogP contribution in [0.3, 0.4) is 0 Å². The van der Waals surface area contributed by atoms with Crippen molar-refractivity contribution in [3.63, 3.8) is 0 Å². The maximum Gasteiger partial charge on any atom is 0.0892 e. The summed E-state index contributed by atoms with van der Waals surface area (Å²) in [6.45, 7) is -0.208. The molecule has 0 radical (unpaired) electrons. The topological polar surface area (TPSA) is 196 Å². The van der Waals surface area contributed by atoms with E-state index in [4.69, 9.17) is 31.9 Å². The van der Waals surface area contributed by atoms with Gasteiger partial charge in [0, 0.05) is 13.1 Å². The van der Waals surface area contributed by atoms with Gasteiger partial charge in [-0.25, -0.2) is 0 Å². The Bertz CT molecular complexity index is 68.7. The summed E-state index contributed by atoms with van der Waals surface area (Å²) in [6, 6.07) is 0. The molecule has 0 fully saturated rings. The van der Waals surface area contributed by atoms with Crippen LogP contribution in [0.1, 0.15) is 0 Å². The van der Waals surface area contributed by atoms with Crippen LogP contribution >= 0.6 is 0 Å². The number of aliphatic hydroxyl groups is 4. The van der Waals surface area contributed by atoms with Crippen molar-refractivity contribution in [1.82, 2.24) is 0 Å². The zero-order chi connectivity index (χ0) is 9.98. The smallest absolute Gasteiger partial charge is 0.0892 e. The summed E-state index contributed by atoms with van der Waals surface area (Å²) >= 11 is 0. The molecule has 0 amide bonds. The van der Waals surface area contributed by atoms with E-state index >= 15 is 0 Å². The van der Waals surface area contributed by atoms with Gasteiger partial charge in [0.25, 0.3) is 0 Å². The van der Waals surface area contributed by atoms with Gasteiger partial charge in [0.1, 0.15) is 0 Å². The van der Waals surface area contributed by atoms with Gasteiger partial charge in [-0.2, -0.15) is 0 Å². The predicted molar refractivity (Wildman–Crippen MR) is 51.5 cm³/mol. The standard InChI is InChI=1S/2C3H9NO2.2H2O/c2*4-1-3(6)2-5;;/h2*3,5-6H,1-2,4H2;2*1H2. The highest BCUT2D eigenvalue weighted by Gasteiger charge is 1.93. The molecule has 2 unspecified atom stereocenters. The van der Waals surface area contributed by atoms with Crippen molar-refractivity contribution in [3.05, 3.63) is 0 Å². The largest absolute Gasteiger partial charge is 0.412 e. The zero-order valence-corrected chi connectivity index (χ0v) is 7.93. The van der Waals surface area contributed by atoms with Gasteiger partial charge in [-0.1, -0.05) is 0 Å². The number of hydrogen-bond acceptors (Lipinski definition) is 6. The van der Waals surface area contributed by atoms with E-state index in [1.165, 1.54) is 0 Å². The van der Waals surface area contributed by atoms with Crippen molar-refractivity contribution >= 4 is 0 Å². The molecule has 8 nitrogen and oxygen atoms in total. The molecule has 0 saturated carbocycles. The molecule has 0 saturated heterocycles. The van der Waals surface area contributed by atoms with Crippen LogP contribution in [0.15, 0.2) is 0 Å². The fourth-order valence-electron chi connectivity index (χ4n) is 0.149. The summed E-state index contributed by atoms with van der Waals surface area (Å²) in [7, 11) is 0. The summed E-state index contributed by atoms with van der Waals surface area (Å²) in [4.78, 5) is 0. The molecule has 8 heteroatoms. The molecule has 0 heterocycles. The predicted octanol–water partition coefficient (Wildman–Crippen LogP) is -5.05. The van der Waals surface area contributed by atoms with Crippen molar-refractivity contribution < 1.29 is 31.4 Å². The molecule has 0 spiro atoms. The van der Waals surface area contributed by atoms with E-state index in [-0.39, 0.29) is 37.3 Å². The minimum absolute atomic E-state index is 0. The quantitative estimate of drug-likeness (QED) is 0.273. The number of nitrogens with two attached hydrogens (primary N) is 2. The van der Waals surface area contributed by atoms with E-state index in [0.29, 0.717) is 0 Å². The van der Waals surface area contributed by atoms with Crippen molar-refractivity contribution in [2.75, 3.05) is 26.3 Å². The maximum atomic E-state index is 8.29. The fourth-order valence-corrected chi connectivity index (χ4v) is 0.149. The van der Waals surface area contributed by atoms with Crippen molar-refractivity contribution in [1.29, 1.82) is 0 Å². The third-order valence-corrected chi connectivity index (χ3v) is 0.966. The van der Waals surface area contributed by atoms with E-state index < -0.39 is 12.2 Å². The Morgan fingerprint density at radius 3 is 1.00 bits per heavy atom. The Kier molecular flexibility index (Phi) is 31.0. The van der Waals surface area contributed by atoms with Gasteiger partial charge in [0.2, 0.25) is 0 Å². The lowest BCUT2D eigenvalue weighted by Crippen LogP contribution is -2.22. The molecular weight excluding hydrogens is 196 g/mol. The minimum Gasteiger partial charge on any atom is -0.412 e. The Hall–Kier alpha value is -0.320. The SMILES string of the molecule is NCC(O)CO.NCC(O)CO.O.O. The first-order valence-electron chi connectivity index (χ1n) is 3.60. The zero-order valence-electron chi connectivity index (χ0n) is 7.93. The van der Waals surface area contributed by atoms with Crippen molar-refractivity contribution in [3.8, 4) is 0 Å². The normalized spacial score (nSPS) is 12.4. The van der Waals surface area contributed by atoms with Gasteiger partial charge >= 0.3 is 0 Å². The molecule has 0 aliphatic carbocycles. The van der Waals surface area contributed by atoms with Crippen LogP contribution in [0, 0.1) is 0 Å². The second kappa shape index (κ2) is 18.5.